The van der Waals surface area contributed by atoms with E-state index >= 15 is 0 Å². The lowest BCUT2D eigenvalue weighted by molar-refractivity contribution is -0.134. The third-order valence-electron chi connectivity index (χ3n) is 5.68. The highest BCUT2D eigenvalue weighted by molar-refractivity contribution is 14.0. The lowest BCUT2D eigenvalue weighted by Gasteiger charge is -2.22. The second kappa shape index (κ2) is 11.6. The van der Waals surface area contributed by atoms with Crippen LogP contribution in [0, 0.1) is 5.92 Å². The summed E-state index contributed by atoms with van der Waals surface area (Å²) in [6.07, 6.45) is 5.46. The third-order valence-corrected chi connectivity index (χ3v) is 5.68. The van der Waals surface area contributed by atoms with Crippen molar-refractivity contribution < 1.29 is 9.53 Å². The Kier molecular flexibility index (Phi) is 9.50. The van der Waals surface area contributed by atoms with Crippen LogP contribution in [0.1, 0.15) is 43.8 Å². The number of hydrogen-bond acceptors (Lipinski definition) is 3. The molecule has 2 aliphatic rings. The topological polar surface area (TPSA) is 66.0 Å². The number of aliphatic imine (C=N–C) groups is 1. The summed E-state index contributed by atoms with van der Waals surface area (Å²) in [5.41, 5.74) is 1.14. The number of amides is 1. The van der Waals surface area contributed by atoms with Crippen molar-refractivity contribution in [3.05, 3.63) is 35.9 Å². The molecule has 2 atom stereocenters. The molecule has 7 heteroatoms. The molecule has 1 aliphatic carbocycles. The zero-order valence-corrected chi connectivity index (χ0v) is 19.2. The Bertz CT molecular complexity index is 635. The lowest BCUT2D eigenvalue weighted by atomic mass is 10.1. The molecule has 1 aliphatic heterocycles. The Balaban J connectivity index is 0.00000280. The van der Waals surface area contributed by atoms with Crippen LogP contribution in [0.2, 0.25) is 0 Å². The Morgan fingerprint density at radius 3 is 2.61 bits per heavy atom. The number of nitrogens with zero attached hydrogens (tertiary/aromatic N) is 2. The third kappa shape index (κ3) is 6.07. The zero-order valence-electron chi connectivity index (χ0n) is 16.9. The van der Waals surface area contributed by atoms with Gasteiger partial charge in [0.05, 0.1) is 6.10 Å². The van der Waals surface area contributed by atoms with Crippen LogP contribution in [0.4, 0.5) is 0 Å². The molecule has 1 heterocycles. The minimum Gasteiger partial charge on any atom is -0.375 e. The number of hydrogen-bond donors (Lipinski definition) is 2. The van der Waals surface area contributed by atoms with E-state index in [4.69, 9.17) is 4.74 Å². The highest BCUT2D eigenvalue weighted by Gasteiger charge is 2.32. The van der Waals surface area contributed by atoms with Gasteiger partial charge in [-0.05, 0) is 24.8 Å². The number of nitrogens with one attached hydrogen (secondary N) is 2. The predicted molar refractivity (Wildman–Crippen MR) is 123 cm³/mol. The van der Waals surface area contributed by atoms with E-state index in [0.29, 0.717) is 12.5 Å². The van der Waals surface area contributed by atoms with E-state index in [0.717, 1.165) is 43.9 Å². The molecule has 0 bridgehead atoms. The van der Waals surface area contributed by atoms with Crippen LogP contribution in [0.25, 0.3) is 0 Å². The fourth-order valence-electron chi connectivity index (χ4n) is 4.09. The number of carbonyl (C=O) groups is 1. The van der Waals surface area contributed by atoms with Crippen LogP contribution in [-0.2, 0) is 9.53 Å². The van der Waals surface area contributed by atoms with Crippen molar-refractivity contribution in [2.24, 2.45) is 10.9 Å². The maximum atomic E-state index is 12.6. The fraction of sp³-hybridized carbons (Fsp3) is 0.619. The summed E-state index contributed by atoms with van der Waals surface area (Å²) in [4.78, 5) is 19.0. The largest absolute Gasteiger partial charge is 0.375 e. The average molecular weight is 500 g/mol. The standard InChI is InChI=1S/C21H32N4O2.HI/c1-22-21(23-14-19(27-2)16-8-4-3-5-9-16)24-18-12-13-25(15-18)20(26)17-10-6-7-11-17;/h3-5,8-9,17-19H,6-7,10-15H2,1-2H3,(H2,22,23,24);1H. The first-order valence-electron chi connectivity index (χ1n) is 10.0. The average Bonchev–Trinajstić information content (AvgIpc) is 3.40. The molecule has 0 spiro atoms. The molecule has 1 saturated heterocycles. The van der Waals surface area contributed by atoms with E-state index < -0.39 is 0 Å². The molecular weight excluding hydrogens is 467 g/mol. The van der Waals surface area contributed by atoms with Crippen LogP contribution in [0.15, 0.2) is 35.3 Å². The normalized spacial score (nSPS) is 21.3. The Morgan fingerprint density at radius 2 is 1.96 bits per heavy atom. The highest BCUT2D eigenvalue weighted by Crippen LogP contribution is 2.27. The molecule has 0 radical (unpaired) electrons. The first-order valence-corrected chi connectivity index (χ1v) is 10.0. The van der Waals surface area contributed by atoms with Crippen molar-refractivity contribution in [3.8, 4) is 0 Å². The van der Waals surface area contributed by atoms with Gasteiger partial charge in [-0.15, -0.1) is 24.0 Å². The van der Waals surface area contributed by atoms with Gasteiger partial charge in [-0.1, -0.05) is 43.2 Å². The minimum absolute atomic E-state index is 0. The SMILES string of the molecule is CN=C(NCC(OC)c1ccccc1)NC1CCN(C(=O)C2CCCC2)C1.I. The van der Waals surface area contributed by atoms with E-state index in [1.807, 2.05) is 23.1 Å². The number of likely N-dealkylation sites (tertiary alicyclic amines) is 1. The van der Waals surface area contributed by atoms with Gasteiger partial charge in [0.15, 0.2) is 5.96 Å². The Hall–Kier alpha value is -1.35. The van der Waals surface area contributed by atoms with Gasteiger partial charge in [-0.3, -0.25) is 9.79 Å². The molecule has 2 fully saturated rings. The predicted octanol–water partition coefficient (Wildman–Crippen LogP) is 2.95. The van der Waals surface area contributed by atoms with Crippen molar-refractivity contribution in [2.75, 3.05) is 33.8 Å². The maximum absolute atomic E-state index is 12.6. The number of halogens is 1. The Labute approximate surface area is 185 Å². The van der Waals surface area contributed by atoms with E-state index in [1.165, 1.54) is 12.8 Å². The molecule has 3 rings (SSSR count). The fourth-order valence-corrected chi connectivity index (χ4v) is 4.09. The number of ether oxygens (including phenoxy) is 1. The van der Waals surface area contributed by atoms with Crippen molar-refractivity contribution >= 4 is 35.8 Å². The second-order valence-electron chi connectivity index (χ2n) is 7.48. The van der Waals surface area contributed by atoms with Crippen LogP contribution in [0.5, 0.6) is 0 Å². The molecular formula is C21H33IN4O2. The quantitative estimate of drug-likeness (QED) is 0.358. The number of guanidine groups is 1. The second-order valence-corrected chi connectivity index (χ2v) is 7.48. The minimum atomic E-state index is -0.0335. The number of rotatable bonds is 6. The summed E-state index contributed by atoms with van der Waals surface area (Å²) in [6, 6.07) is 10.4. The summed E-state index contributed by atoms with van der Waals surface area (Å²) in [5, 5.41) is 6.82. The maximum Gasteiger partial charge on any atom is 0.225 e. The summed E-state index contributed by atoms with van der Waals surface area (Å²) < 4.78 is 5.61. The molecule has 1 amide bonds. The molecule has 28 heavy (non-hydrogen) atoms. The molecule has 156 valence electrons. The van der Waals surface area contributed by atoms with Crippen LogP contribution >= 0.6 is 24.0 Å². The summed E-state index contributed by atoms with van der Waals surface area (Å²) in [6.45, 7) is 2.24. The lowest BCUT2D eigenvalue weighted by Crippen LogP contribution is -2.46. The first-order chi connectivity index (χ1) is 13.2. The smallest absolute Gasteiger partial charge is 0.225 e. The van der Waals surface area contributed by atoms with E-state index in [9.17, 15) is 4.79 Å². The van der Waals surface area contributed by atoms with Gasteiger partial charge in [0, 0.05) is 45.8 Å². The van der Waals surface area contributed by atoms with Gasteiger partial charge in [-0.25, -0.2) is 0 Å². The van der Waals surface area contributed by atoms with E-state index in [1.54, 1.807) is 14.2 Å². The number of benzene rings is 1. The molecule has 0 aromatic heterocycles. The molecule has 1 aromatic carbocycles. The van der Waals surface area contributed by atoms with Gasteiger partial charge < -0.3 is 20.3 Å². The van der Waals surface area contributed by atoms with Crippen LogP contribution in [0.3, 0.4) is 0 Å². The van der Waals surface area contributed by atoms with Gasteiger partial charge >= 0.3 is 0 Å². The van der Waals surface area contributed by atoms with Gasteiger partial charge in [0.1, 0.15) is 0 Å². The summed E-state index contributed by atoms with van der Waals surface area (Å²) >= 11 is 0. The summed E-state index contributed by atoms with van der Waals surface area (Å²) in [5.74, 6) is 1.37. The van der Waals surface area contributed by atoms with Crippen molar-refractivity contribution in [3.63, 3.8) is 0 Å². The van der Waals surface area contributed by atoms with Gasteiger partial charge in [0.2, 0.25) is 5.91 Å². The molecule has 1 saturated carbocycles. The van der Waals surface area contributed by atoms with Gasteiger partial charge in [0.25, 0.3) is 0 Å². The molecule has 2 N–H and O–H groups in total. The zero-order chi connectivity index (χ0) is 19.1. The van der Waals surface area contributed by atoms with E-state index in [-0.39, 0.29) is 42.0 Å². The van der Waals surface area contributed by atoms with E-state index in [2.05, 4.69) is 27.8 Å². The Morgan fingerprint density at radius 1 is 1.25 bits per heavy atom. The number of methoxy groups -OCH3 is 1. The first kappa shape index (κ1) is 22.9. The van der Waals surface area contributed by atoms with Crippen LogP contribution < -0.4 is 10.6 Å². The van der Waals surface area contributed by atoms with Crippen molar-refractivity contribution in [1.29, 1.82) is 0 Å². The molecule has 2 unspecified atom stereocenters. The van der Waals surface area contributed by atoms with Crippen molar-refractivity contribution in [2.45, 2.75) is 44.2 Å². The summed E-state index contributed by atoms with van der Waals surface area (Å²) in [7, 11) is 3.50. The molecule has 6 nitrogen and oxygen atoms in total. The monoisotopic (exact) mass is 500 g/mol. The van der Waals surface area contributed by atoms with Crippen LogP contribution in [-0.4, -0.2) is 56.6 Å². The highest BCUT2D eigenvalue weighted by atomic mass is 127. The number of carbonyl (C=O) groups excluding carboxylic acids is 1. The van der Waals surface area contributed by atoms with Crippen molar-refractivity contribution in [1.82, 2.24) is 15.5 Å². The van der Waals surface area contributed by atoms with Gasteiger partial charge in [-0.2, -0.15) is 0 Å². The molecule has 1 aromatic rings.